The minimum atomic E-state index is -4.45. The topological polar surface area (TPSA) is 60.9 Å². The number of unbranched alkanes of at least 4 members (excludes halogenated alkanes) is 4. The lowest BCUT2D eigenvalue weighted by atomic mass is 9.85. The first-order chi connectivity index (χ1) is 22.9. The van der Waals surface area contributed by atoms with E-state index in [1.807, 2.05) is 18.2 Å². The van der Waals surface area contributed by atoms with Crippen LogP contribution in [0.4, 0.5) is 22.7 Å². The van der Waals surface area contributed by atoms with Crippen LogP contribution in [0, 0.1) is 0 Å². The second-order valence-electron chi connectivity index (χ2n) is 12.0. The van der Waals surface area contributed by atoms with Gasteiger partial charge in [0, 0.05) is 41.8 Å². The van der Waals surface area contributed by atoms with Gasteiger partial charge < -0.3 is 9.80 Å². The number of anilines is 4. The van der Waals surface area contributed by atoms with Crippen LogP contribution in [0.1, 0.15) is 75.0 Å². The zero-order valence-electron chi connectivity index (χ0n) is 27.5. The zero-order chi connectivity index (χ0) is 33.1. The smallest absolute Gasteiger partial charge is 0.294 e. The fourth-order valence-electron chi connectivity index (χ4n) is 6.27. The lowest BCUT2D eigenvalue weighted by Gasteiger charge is -2.27. The first kappa shape index (κ1) is 34.0. The first-order valence-corrected chi connectivity index (χ1v) is 18.3. The van der Waals surface area contributed by atoms with E-state index in [-0.39, 0.29) is 4.90 Å². The van der Waals surface area contributed by atoms with Gasteiger partial charge in [0.1, 0.15) is 0 Å². The molecular formula is C41H46N2O3S. The molecule has 6 heteroatoms. The lowest BCUT2D eigenvalue weighted by molar-refractivity contribution is 0.482. The maximum atomic E-state index is 12.6. The lowest BCUT2D eigenvalue weighted by Crippen LogP contribution is -2.19. The highest BCUT2D eigenvalue weighted by Crippen LogP contribution is 2.38. The molecule has 0 saturated heterocycles. The molecule has 47 heavy (non-hydrogen) atoms. The molecule has 0 aliphatic carbocycles. The number of hydrogen-bond donors (Lipinski definition) is 1. The molecule has 0 radical (unpaired) electrons. The van der Waals surface area contributed by atoms with Crippen molar-refractivity contribution in [2.45, 2.75) is 63.2 Å². The van der Waals surface area contributed by atoms with E-state index in [1.165, 1.54) is 6.07 Å². The van der Waals surface area contributed by atoms with Crippen LogP contribution in [0.25, 0.3) is 0 Å². The predicted octanol–water partition coefficient (Wildman–Crippen LogP) is 10.8. The van der Waals surface area contributed by atoms with Gasteiger partial charge in [0.25, 0.3) is 10.1 Å². The summed E-state index contributed by atoms with van der Waals surface area (Å²) in [6.07, 6.45) is 6.79. The van der Waals surface area contributed by atoms with Gasteiger partial charge in [0.05, 0.1) is 4.90 Å². The van der Waals surface area contributed by atoms with Crippen LogP contribution in [-0.2, 0) is 10.1 Å². The number of benzene rings is 5. The highest BCUT2D eigenvalue weighted by molar-refractivity contribution is 7.85. The zero-order valence-corrected chi connectivity index (χ0v) is 28.3. The minimum absolute atomic E-state index is 0.0749. The highest BCUT2D eigenvalue weighted by atomic mass is 32.2. The molecular weight excluding hydrogens is 601 g/mol. The van der Waals surface area contributed by atoms with Crippen molar-refractivity contribution in [1.29, 1.82) is 0 Å². The van der Waals surface area contributed by atoms with E-state index >= 15 is 0 Å². The maximum Gasteiger partial charge on any atom is 0.294 e. The van der Waals surface area contributed by atoms with Crippen molar-refractivity contribution in [3.05, 3.63) is 150 Å². The Bertz CT molecular complexity index is 1680. The van der Waals surface area contributed by atoms with E-state index in [0.29, 0.717) is 5.56 Å². The average molecular weight is 647 g/mol. The van der Waals surface area contributed by atoms with E-state index in [4.69, 9.17) is 0 Å². The Labute approximate surface area is 281 Å². The van der Waals surface area contributed by atoms with Crippen LogP contribution >= 0.6 is 0 Å². The summed E-state index contributed by atoms with van der Waals surface area (Å²) < 4.78 is 35.5. The number of para-hydroxylation sites is 2. The summed E-state index contributed by atoms with van der Waals surface area (Å²) in [6.45, 7) is 6.24. The minimum Gasteiger partial charge on any atom is -0.341 e. The van der Waals surface area contributed by atoms with Crippen molar-refractivity contribution in [2.75, 3.05) is 22.9 Å². The van der Waals surface area contributed by atoms with Crippen LogP contribution in [-0.4, -0.2) is 26.1 Å². The van der Waals surface area contributed by atoms with Crippen molar-refractivity contribution in [2.24, 2.45) is 0 Å². The van der Waals surface area contributed by atoms with E-state index in [0.717, 1.165) is 85.5 Å². The third-order valence-electron chi connectivity index (χ3n) is 8.69. The molecule has 0 fully saturated rings. The number of hydrogen-bond acceptors (Lipinski definition) is 4. The molecule has 0 aromatic heterocycles. The summed E-state index contributed by atoms with van der Waals surface area (Å²) in [6, 6.07) is 44.4. The van der Waals surface area contributed by atoms with Gasteiger partial charge in [-0.25, -0.2) is 0 Å². The van der Waals surface area contributed by atoms with Gasteiger partial charge in [0.2, 0.25) is 0 Å². The fraction of sp³-hybridized carbons (Fsp3) is 0.268. The predicted molar refractivity (Wildman–Crippen MR) is 196 cm³/mol. The standard InChI is InChI=1S/C41H46N2O3S/c1-3-5-15-31-42(35-17-9-7-10-18-35)37-27-23-33(24-28-37)41(39-21-13-14-22-40(39)47(44,45)46)34-25-29-38(30-26-34)43(32-16-6-4-2)36-19-11-8-12-20-36/h7-14,17-30,41H,3-6,15-16,31-32H2,1-2H3,(H,44,45,46). The average Bonchev–Trinajstić information content (AvgIpc) is 3.10. The normalized spacial score (nSPS) is 11.5. The van der Waals surface area contributed by atoms with E-state index in [1.54, 1.807) is 12.1 Å². The van der Waals surface area contributed by atoms with E-state index in [9.17, 15) is 13.0 Å². The maximum absolute atomic E-state index is 12.6. The fourth-order valence-corrected chi connectivity index (χ4v) is 7.00. The molecule has 5 rings (SSSR count). The van der Waals surface area contributed by atoms with E-state index < -0.39 is 16.0 Å². The second kappa shape index (κ2) is 16.4. The van der Waals surface area contributed by atoms with Crippen molar-refractivity contribution >= 4 is 32.9 Å². The van der Waals surface area contributed by atoms with Crippen molar-refractivity contribution in [3.63, 3.8) is 0 Å². The largest absolute Gasteiger partial charge is 0.341 e. The van der Waals surface area contributed by atoms with Gasteiger partial charge in [-0.15, -0.1) is 0 Å². The van der Waals surface area contributed by atoms with Gasteiger partial charge in [-0.3, -0.25) is 4.55 Å². The van der Waals surface area contributed by atoms with Crippen molar-refractivity contribution in [1.82, 2.24) is 0 Å². The Kier molecular flexibility index (Phi) is 11.9. The molecule has 0 spiro atoms. The quantitative estimate of drug-likeness (QED) is 0.0657. The molecule has 5 aromatic carbocycles. The number of nitrogens with zero attached hydrogens (tertiary/aromatic N) is 2. The molecule has 0 aliphatic rings. The van der Waals surface area contributed by atoms with Gasteiger partial charge in [-0.05, 0) is 84.1 Å². The molecule has 1 N–H and O–H groups in total. The Morgan fingerprint density at radius 1 is 0.511 bits per heavy atom. The van der Waals surface area contributed by atoms with Crippen LogP contribution in [0.3, 0.4) is 0 Å². The third-order valence-corrected chi connectivity index (χ3v) is 9.62. The highest BCUT2D eigenvalue weighted by Gasteiger charge is 2.25. The van der Waals surface area contributed by atoms with Crippen molar-refractivity contribution < 1.29 is 13.0 Å². The summed E-state index contributed by atoms with van der Waals surface area (Å²) in [7, 11) is -4.45. The molecule has 0 saturated carbocycles. The van der Waals surface area contributed by atoms with Crippen LogP contribution in [0.2, 0.25) is 0 Å². The monoisotopic (exact) mass is 646 g/mol. The molecule has 0 unspecified atom stereocenters. The summed E-state index contributed by atoms with van der Waals surface area (Å²) in [5, 5.41) is 0. The van der Waals surface area contributed by atoms with E-state index in [2.05, 4.69) is 121 Å². The van der Waals surface area contributed by atoms with Gasteiger partial charge >= 0.3 is 0 Å². The Morgan fingerprint density at radius 3 is 1.30 bits per heavy atom. The van der Waals surface area contributed by atoms with Crippen LogP contribution in [0.5, 0.6) is 0 Å². The first-order valence-electron chi connectivity index (χ1n) is 16.8. The summed E-state index contributed by atoms with van der Waals surface area (Å²) in [5.74, 6) is -0.410. The summed E-state index contributed by atoms with van der Waals surface area (Å²) in [4.78, 5) is 4.60. The van der Waals surface area contributed by atoms with Gasteiger partial charge in [-0.2, -0.15) is 8.42 Å². The van der Waals surface area contributed by atoms with Crippen LogP contribution < -0.4 is 9.80 Å². The SMILES string of the molecule is CCCCCN(c1ccccc1)c1ccc(C(c2ccc(N(CCCCC)c3ccccc3)cc2)c2ccccc2S(=O)(=O)O)cc1. The second-order valence-corrected chi connectivity index (χ2v) is 13.4. The molecule has 0 aliphatic heterocycles. The molecule has 0 atom stereocenters. The molecule has 5 nitrogen and oxygen atoms in total. The molecule has 0 heterocycles. The molecule has 0 bridgehead atoms. The summed E-state index contributed by atoms with van der Waals surface area (Å²) in [5.41, 5.74) is 6.88. The Balaban J connectivity index is 1.55. The Morgan fingerprint density at radius 2 is 0.894 bits per heavy atom. The number of rotatable bonds is 16. The summed E-state index contributed by atoms with van der Waals surface area (Å²) >= 11 is 0. The van der Waals surface area contributed by atoms with Gasteiger partial charge in [0.15, 0.2) is 0 Å². The third kappa shape index (κ3) is 8.70. The van der Waals surface area contributed by atoms with Gasteiger partial charge in [-0.1, -0.05) is 118 Å². The molecule has 0 amide bonds. The molecule has 244 valence electrons. The van der Waals surface area contributed by atoms with Crippen molar-refractivity contribution in [3.8, 4) is 0 Å². The molecule has 5 aromatic rings. The Hall–Kier alpha value is -4.39. The van der Waals surface area contributed by atoms with Crippen LogP contribution in [0.15, 0.2) is 138 Å².